The Balaban J connectivity index is 0.000000640. The van der Waals surface area contributed by atoms with E-state index in [0.717, 1.165) is 25.9 Å². The molecule has 2 N–H and O–H groups in total. The molecule has 1 aliphatic rings. The molecule has 0 saturated carbocycles. The summed E-state index contributed by atoms with van der Waals surface area (Å²) >= 11 is 0. The second kappa shape index (κ2) is 4.44. The van der Waals surface area contributed by atoms with Gasteiger partial charge in [0, 0.05) is 13.1 Å². The van der Waals surface area contributed by atoms with Crippen molar-refractivity contribution in [3.8, 4) is 0 Å². The van der Waals surface area contributed by atoms with E-state index in [1.165, 1.54) is 0 Å². The number of hydrogen-bond acceptors (Lipinski definition) is 1. The number of rotatable bonds is 0. The molecule has 2 amide bonds. The van der Waals surface area contributed by atoms with E-state index in [-0.39, 0.29) is 18.4 Å². The lowest BCUT2D eigenvalue weighted by Gasteiger charge is -1.96. The van der Waals surface area contributed by atoms with Gasteiger partial charge < -0.3 is 10.6 Å². The van der Waals surface area contributed by atoms with Crippen LogP contribution in [0.4, 0.5) is 4.79 Å². The third kappa shape index (κ3) is 3.19. The molecule has 0 spiro atoms. The molecular formula is C5H11ClN2O. The highest BCUT2D eigenvalue weighted by molar-refractivity contribution is 5.85. The SMILES string of the molecule is Cl.O=C1NCCCCN1. The van der Waals surface area contributed by atoms with Gasteiger partial charge >= 0.3 is 6.03 Å². The molecule has 0 radical (unpaired) electrons. The van der Waals surface area contributed by atoms with Crippen molar-refractivity contribution in [2.24, 2.45) is 0 Å². The van der Waals surface area contributed by atoms with Crippen LogP contribution >= 0.6 is 12.4 Å². The maximum Gasteiger partial charge on any atom is 0.314 e. The average molecular weight is 151 g/mol. The van der Waals surface area contributed by atoms with Crippen LogP contribution in [0.1, 0.15) is 12.8 Å². The van der Waals surface area contributed by atoms with Gasteiger partial charge in [0.05, 0.1) is 0 Å². The molecule has 0 aromatic heterocycles. The molecule has 4 heteroatoms. The topological polar surface area (TPSA) is 41.1 Å². The first-order valence-corrected chi connectivity index (χ1v) is 2.91. The molecule has 0 aromatic rings. The van der Waals surface area contributed by atoms with Crippen LogP contribution in [0.2, 0.25) is 0 Å². The lowest BCUT2D eigenvalue weighted by Crippen LogP contribution is -2.32. The lowest BCUT2D eigenvalue weighted by atomic mass is 10.3. The first-order valence-electron chi connectivity index (χ1n) is 2.91. The highest BCUT2D eigenvalue weighted by Crippen LogP contribution is 1.87. The van der Waals surface area contributed by atoms with Gasteiger partial charge in [0.1, 0.15) is 0 Å². The fourth-order valence-electron chi connectivity index (χ4n) is 0.716. The molecule has 0 unspecified atom stereocenters. The van der Waals surface area contributed by atoms with E-state index < -0.39 is 0 Å². The molecular weight excluding hydrogens is 140 g/mol. The summed E-state index contributed by atoms with van der Waals surface area (Å²) < 4.78 is 0. The smallest absolute Gasteiger partial charge is 0.314 e. The van der Waals surface area contributed by atoms with Crippen molar-refractivity contribution in [2.75, 3.05) is 13.1 Å². The fourth-order valence-corrected chi connectivity index (χ4v) is 0.716. The maximum absolute atomic E-state index is 10.5. The Labute approximate surface area is 60.6 Å². The Hall–Kier alpha value is -0.440. The Morgan fingerprint density at radius 3 is 2.00 bits per heavy atom. The van der Waals surface area contributed by atoms with Gasteiger partial charge in [-0.1, -0.05) is 0 Å². The molecule has 1 fully saturated rings. The highest BCUT2D eigenvalue weighted by atomic mass is 35.5. The van der Waals surface area contributed by atoms with Gasteiger partial charge in [-0.2, -0.15) is 0 Å². The number of carbonyl (C=O) groups excluding carboxylic acids is 1. The molecule has 1 aliphatic heterocycles. The van der Waals surface area contributed by atoms with Crippen LogP contribution in [-0.4, -0.2) is 19.1 Å². The summed E-state index contributed by atoms with van der Waals surface area (Å²) in [6.07, 6.45) is 2.19. The predicted molar refractivity (Wildman–Crippen MR) is 37.9 cm³/mol. The summed E-state index contributed by atoms with van der Waals surface area (Å²) in [6.45, 7) is 1.65. The van der Waals surface area contributed by atoms with Crippen LogP contribution in [-0.2, 0) is 0 Å². The standard InChI is InChI=1S/C5H10N2O.ClH/c8-5-6-3-1-2-4-7-5;/h1-4H2,(H2,6,7,8);1H. The van der Waals surface area contributed by atoms with E-state index in [2.05, 4.69) is 10.6 Å². The van der Waals surface area contributed by atoms with E-state index in [0.29, 0.717) is 0 Å². The number of amides is 2. The molecule has 54 valence electrons. The van der Waals surface area contributed by atoms with Crippen LogP contribution in [0, 0.1) is 0 Å². The van der Waals surface area contributed by atoms with Gasteiger partial charge in [-0.15, -0.1) is 12.4 Å². The quantitative estimate of drug-likeness (QED) is 0.519. The molecule has 0 bridgehead atoms. The van der Waals surface area contributed by atoms with E-state index in [1.54, 1.807) is 0 Å². The Morgan fingerprint density at radius 1 is 1.11 bits per heavy atom. The molecule has 3 nitrogen and oxygen atoms in total. The summed E-state index contributed by atoms with van der Waals surface area (Å²) in [5.41, 5.74) is 0. The van der Waals surface area contributed by atoms with E-state index >= 15 is 0 Å². The van der Waals surface area contributed by atoms with Crippen LogP contribution < -0.4 is 10.6 Å². The average Bonchev–Trinajstić information content (AvgIpc) is 1.94. The number of nitrogens with one attached hydrogen (secondary N) is 2. The van der Waals surface area contributed by atoms with Gasteiger partial charge in [-0.05, 0) is 12.8 Å². The van der Waals surface area contributed by atoms with Crippen molar-refractivity contribution in [2.45, 2.75) is 12.8 Å². The van der Waals surface area contributed by atoms with Crippen molar-refractivity contribution in [3.63, 3.8) is 0 Å². The Morgan fingerprint density at radius 2 is 1.56 bits per heavy atom. The summed E-state index contributed by atoms with van der Waals surface area (Å²) in [5, 5.41) is 5.39. The molecule has 1 saturated heterocycles. The monoisotopic (exact) mass is 150 g/mol. The predicted octanol–water partition coefficient (Wildman–Crippen LogP) is 0.501. The zero-order valence-electron chi connectivity index (χ0n) is 5.14. The van der Waals surface area contributed by atoms with Crippen LogP contribution in [0.15, 0.2) is 0 Å². The lowest BCUT2D eigenvalue weighted by molar-refractivity contribution is 0.243. The van der Waals surface area contributed by atoms with Crippen LogP contribution in [0.25, 0.3) is 0 Å². The first kappa shape index (κ1) is 8.56. The summed E-state index contributed by atoms with van der Waals surface area (Å²) in [4.78, 5) is 10.5. The minimum absolute atomic E-state index is 0. The van der Waals surface area contributed by atoms with Crippen LogP contribution in [0.5, 0.6) is 0 Å². The maximum atomic E-state index is 10.5. The first-order chi connectivity index (χ1) is 3.89. The number of halogens is 1. The highest BCUT2D eigenvalue weighted by Gasteiger charge is 2.01. The normalized spacial score (nSPS) is 18.4. The van der Waals surface area contributed by atoms with Crippen molar-refractivity contribution in [3.05, 3.63) is 0 Å². The molecule has 1 heterocycles. The Bertz CT molecular complexity index is 87.0. The van der Waals surface area contributed by atoms with E-state index in [9.17, 15) is 4.79 Å². The largest absolute Gasteiger partial charge is 0.338 e. The molecule has 9 heavy (non-hydrogen) atoms. The van der Waals surface area contributed by atoms with Crippen LogP contribution in [0.3, 0.4) is 0 Å². The van der Waals surface area contributed by atoms with Gasteiger partial charge in [0.2, 0.25) is 0 Å². The third-order valence-electron chi connectivity index (χ3n) is 1.17. The molecule has 0 atom stereocenters. The summed E-state index contributed by atoms with van der Waals surface area (Å²) in [7, 11) is 0. The minimum Gasteiger partial charge on any atom is -0.338 e. The second-order valence-electron chi connectivity index (χ2n) is 1.89. The van der Waals surface area contributed by atoms with Gasteiger partial charge in [0.15, 0.2) is 0 Å². The van der Waals surface area contributed by atoms with Gasteiger partial charge in [0.25, 0.3) is 0 Å². The van der Waals surface area contributed by atoms with E-state index in [4.69, 9.17) is 0 Å². The minimum atomic E-state index is -0.0255. The van der Waals surface area contributed by atoms with Gasteiger partial charge in [-0.25, -0.2) is 4.79 Å². The fraction of sp³-hybridized carbons (Fsp3) is 0.800. The summed E-state index contributed by atoms with van der Waals surface area (Å²) in [6, 6.07) is -0.0255. The zero-order chi connectivity index (χ0) is 5.82. The molecule has 0 aromatic carbocycles. The number of carbonyl (C=O) groups is 1. The Kier molecular flexibility index (Phi) is 4.22. The second-order valence-corrected chi connectivity index (χ2v) is 1.89. The summed E-state index contributed by atoms with van der Waals surface area (Å²) in [5.74, 6) is 0. The number of hydrogen-bond donors (Lipinski definition) is 2. The van der Waals surface area contributed by atoms with Crippen molar-refractivity contribution < 1.29 is 4.79 Å². The van der Waals surface area contributed by atoms with Crippen molar-refractivity contribution in [1.82, 2.24) is 10.6 Å². The van der Waals surface area contributed by atoms with Crippen molar-refractivity contribution in [1.29, 1.82) is 0 Å². The molecule has 1 rings (SSSR count). The third-order valence-corrected chi connectivity index (χ3v) is 1.17. The number of urea groups is 1. The van der Waals surface area contributed by atoms with Gasteiger partial charge in [-0.3, -0.25) is 0 Å². The van der Waals surface area contributed by atoms with Crippen molar-refractivity contribution >= 4 is 18.4 Å². The van der Waals surface area contributed by atoms with E-state index in [1.807, 2.05) is 0 Å². The zero-order valence-corrected chi connectivity index (χ0v) is 5.96. The molecule has 0 aliphatic carbocycles.